The maximum atomic E-state index is 9.64. The minimum Gasteiger partial charge on any atom is -0.391 e. The lowest BCUT2D eigenvalue weighted by atomic mass is 9.92. The van der Waals surface area contributed by atoms with Crippen molar-refractivity contribution in [1.29, 1.82) is 0 Å². The molecule has 0 unspecified atom stereocenters. The number of rotatable bonds is 6. The molecular formula is C11H22O2. The molecule has 3 atom stereocenters. The van der Waals surface area contributed by atoms with Gasteiger partial charge in [-0.2, -0.15) is 0 Å². The predicted octanol–water partition coefficient (Wildman–Crippen LogP) is 2.11. The fourth-order valence-electron chi connectivity index (χ4n) is 1.43. The van der Waals surface area contributed by atoms with Crippen LogP contribution in [0.4, 0.5) is 0 Å². The molecule has 0 spiro atoms. The Labute approximate surface area is 81.3 Å². The lowest BCUT2D eigenvalue weighted by molar-refractivity contribution is 0.00295. The standard InChI is InChI=1S/C11H22O2/c1-4-6-8-10(7-5-2)11(13)9(3)12/h5,7,9-13H,4,6,8H2,1-3H3/b7-5+/t9-,10+,11-/m0/s1. The Morgan fingerprint density at radius 1 is 1.31 bits per heavy atom. The van der Waals surface area contributed by atoms with Crippen LogP contribution in [0.1, 0.15) is 40.0 Å². The van der Waals surface area contributed by atoms with E-state index < -0.39 is 12.2 Å². The molecule has 0 fully saturated rings. The van der Waals surface area contributed by atoms with Crippen LogP contribution < -0.4 is 0 Å². The molecule has 0 saturated carbocycles. The zero-order valence-electron chi connectivity index (χ0n) is 8.90. The summed E-state index contributed by atoms with van der Waals surface area (Å²) in [4.78, 5) is 0. The number of aliphatic hydroxyl groups excluding tert-OH is 2. The van der Waals surface area contributed by atoms with E-state index in [2.05, 4.69) is 6.92 Å². The van der Waals surface area contributed by atoms with Gasteiger partial charge in [0.25, 0.3) is 0 Å². The summed E-state index contributed by atoms with van der Waals surface area (Å²) in [5, 5.41) is 18.9. The van der Waals surface area contributed by atoms with E-state index in [1.807, 2.05) is 19.1 Å². The first kappa shape index (κ1) is 12.7. The van der Waals surface area contributed by atoms with E-state index >= 15 is 0 Å². The number of hydrogen-bond donors (Lipinski definition) is 2. The molecule has 0 aromatic heterocycles. The minimum absolute atomic E-state index is 0.102. The summed E-state index contributed by atoms with van der Waals surface area (Å²) in [6.45, 7) is 5.70. The molecule has 13 heavy (non-hydrogen) atoms. The van der Waals surface area contributed by atoms with Gasteiger partial charge in [-0.05, 0) is 20.3 Å². The molecule has 0 rings (SSSR count). The molecule has 0 radical (unpaired) electrons. The number of hydrogen-bond acceptors (Lipinski definition) is 2. The molecular weight excluding hydrogens is 164 g/mol. The summed E-state index contributed by atoms with van der Waals surface area (Å²) in [5.41, 5.74) is 0. The monoisotopic (exact) mass is 186 g/mol. The Morgan fingerprint density at radius 3 is 2.31 bits per heavy atom. The van der Waals surface area contributed by atoms with Gasteiger partial charge in [-0.1, -0.05) is 31.9 Å². The molecule has 2 heteroatoms. The molecule has 0 bridgehead atoms. The van der Waals surface area contributed by atoms with Gasteiger partial charge < -0.3 is 10.2 Å². The maximum absolute atomic E-state index is 9.64. The number of allylic oxidation sites excluding steroid dienone is 1. The highest BCUT2D eigenvalue weighted by Gasteiger charge is 2.19. The molecule has 0 aliphatic heterocycles. The molecule has 2 N–H and O–H groups in total. The van der Waals surface area contributed by atoms with E-state index in [9.17, 15) is 10.2 Å². The Bertz CT molecular complexity index is 141. The van der Waals surface area contributed by atoms with Crippen LogP contribution in [0.15, 0.2) is 12.2 Å². The van der Waals surface area contributed by atoms with Crippen molar-refractivity contribution in [3.05, 3.63) is 12.2 Å². The Kier molecular flexibility index (Phi) is 6.92. The van der Waals surface area contributed by atoms with Crippen molar-refractivity contribution in [1.82, 2.24) is 0 Å². The smallest absolute Gasteiger partial charge is 0.0858 e. The van der Waals surface area contributed by atoms with Crippen molar-refractivity contribution in [2.75, 3.05) is 0 Å². The average Bonchev–Trinajstić information content (AvgIpc) is 2.11. The van der Waals surface area contributed by atoms with E-state index in [4.69, 9.17) is 0 Å². The van der Waals surface area contributed by atoms with Crippen molar-refractivity contribution in [2.24, 2.45) is 5.92 Å². The first-order chi connectivity index (χ1) is 6.13. The number of unbranched alkanes of at least 4 members (excludes halogenated alkanes) is 1. The fraction of sp³-hybridized carbons (Fsp3) is 0.818. The topological polar surface area (TPSA) is 40.5 Å². The van der Waals surface area contributed by atoms with Gasteiger partial charge in [0.15, 0.2) is 0 Å². The van der Waals surface area contributed by atoms with E-state index in [1.54, 1.807) is 6.92 Å². The van der Waals surface area contributed by atoms with Crippen molar-refractivity contribution in [3.8, 4) is 0 Å². The third kappa shape index (κ3) is 5.06. The van der Waals surface area contributed by atoms with Crippen LogP contribution in [0.2, 0.25) is 0 Å². The summed E-state index contributed by atoms with van der Waals surface area (Å²) in [6.07, 6.45) is 5.83. The first-order valence-electron chi connectivity index (χ1n) is 5.12. The third-order valence-corrected chi connectivity index (χ3v) is 2.26. The highest BCUT2D eigenvalue weighted by Crippen LogP contribution is 2.17. The second-order valence-electron chi connectivity index (χ2n) is 3.56. The second-order valence-corrected chi connectivity index (χ2v) is 3.56. The normalized spacial score (nSPS) is 18.8. The Morgan fingerprint density at radius 2 is 1.92 bits per heavy atom. The molecule has 0 saturated heterocycles. The highest BCUT2D eigenvalue weighted by molar-refractivity contribution is 4.91. The predicted molar refractivity (Wildman–Crippen MR) is 55.5 cm³/mol. The van der Waals surface area contributed by atoms with Gasteiger partial charge >= 0.3 is 0 Å². The Balaban J connectivity index is 4.06. The van der Waals surface area contributed by atoms with Crippen LogP contribution in [0, 0.1) is 5.92 Å². The Hall–Kier alpha value is -0.340. The fourth-order valence-corrected chi connectivity index (χ4v) is 1.43. The van der Waals surface area contributed by atoms with Gasteiger partial charge in [0, 0.05) is 5.92 Å². The van der Waals surface area contributed by atoms with Gasteiger partial charge in [0.2, 0.25) is 0 Å². The van der Waals surface area contributed by atoms with Crippen LogP contribution in [0.25, 0.3) is 0 Å². The van der Waals surface area contributed by atoms with Gasteiger partial charge in [-0.3, -0.25) is 0 Å². The summed E-state index contributed by atoms with van der Waals surface area (Å²) < 4.78 is 0. The average molecular weight is 186 g/mol. The van der Waals surface area contributed by atoms with Gasteiger partial charge in [-0.15, -0.1) is 0 Å². The van der Waals surface area contributed by atoms with Crippen LogP contribution in [-0.4, -0.2) is 22.4 Å². The molecule has 78 valence electrons. The van der Waals surface area contributed by atoms with Crippen molar-refractivity contribution >= 4 is 0 Å². The first-order valence-corrected chi connectivity index (χ1v) is 5.12. The van der Waals surface area contributed by atoms with Crippen molar-refractivity contribution in [3.63, 3.8) is 0 Å². The second kappa shape index (κ2) is 7.10. The van der Waals surface area contributed by atoms with E-state index in [1.165, 1.54) is 0 Å². The largest absolute Gasteiger partial charge is 0.391 e. The van der Waals surface area contributed by atoms with Gasteiger partial charge in [0.1, 0.15) is 0 Å². The molecule has 0 aromatic rings. The lowest BCUT2D eigenvalue weighted by Crippen LogP contribution is -2.30. The van der Waals surface area contributed by atoms with Crippen LogP contribution >= 0.6 is 0 Å². The summed E-state index contributed by atoms with van der Waals surface area (Å²) >= 11 is 0. The molecule has 2 nitrogen and oxygen atoms in total. The SMILES string of the molecule is C/C=C/[C@H](CCCC)[C@@H](O)[C@H](C)O. The van der Waals surface area contributed by atoms with E-state index in [0.29, 0.717) is 0 Å². The van der Waals surface area contributed by atoms with E-state index in [0.717, 1.165) is 19.3 Å². The summed E-state index contributed by atoms with van der Waals surface area (Å²) in [5.74, 6) is 0.102. The summed E-state index contributed by atoms with van der Waals surface area (Å²) in [6, 6.07) is 0. The van der Waals surface area contributed by atoms with Crippen molar-refractivity contribution in [2.45, 2.75) is 52.2 Å². The quantitative estimate of drug-likeness (QED) is 0.624. The molecule has 0 aliphatic carbocycles. The van der Waals surface area contributed by atoms with Crippen molar-refractivity contribution < 1.29 is 10.2 Å². The maximum Gasteiger partial charge on any atom is 0.0858 e. The molecule has 0 heterocycles. The zero-order valence-corrected chi connectivity index (χ0v) is 8.90. The molecule has 0 aliphatic rings. The lowest BCUT2D eigenvalue weighted by Gasteiger charge is -2.21. The molecule has 0 amide bonds. The third-order valence-electron chi connectivity index (χ3n) is 2.26. The van der Waals surface area contributed by atoms with Gasteiger partial charge in [0.05, 0.1) is 12.2 Å². The van der Waals surface area contributed by atoms with E-state index in [-0.39, 0.29) is 5.92 Å². The van der Waals surface area contributed by atoms with Crippen LogP contribution in [0.3, 0.4) is 0 Å². The minimum atomic E-state index is -0.641. The van der Waals surface area contributed by atoms with Gasteiger partial charge in [-0.25, -0.2) is 0 Å². The summed E-state index contributed by atoms with van der Waals surface area (Å²) in [7, 11) is 0. The zero-order chi connectivity index (χ0) is 10.3. The number of aliphatic hydroxyl groups is 2. The highest BCUT2D eigenvalue weighted by atomic mass is 16.3. The van der Waals surface area contributed by atoms with Crippen LogP contribution in [0.5, 0.6) is 0 Å². The molecule has 0 aromatic carbocycles. The van der Waals surface area contributed by atoms with Crippen LogP contribution in [-0.2, 0) is 0 Å².